The topological polar surface area (TPSA) is 96.5 Å². The molecule has 1 fully saturated rings. The highest BCUT2D eigenvalue weighted by Gasteiger charge is 2.21. The Labute approximate surface area is 133 Å². The minimum atomic E-state index is -0.768. The third-order valence-corrected chi connectivity index (χ3v) is 3.73. The molecule has 7 heteroatoms. The van der Waals surface area contributed by atoms with Crippen LogP contribution in [0, 0.1) is 21.4 Å². The van der Waals surface area contributed by atoms with Crippen molar-refractivity contribution >= 4 is 23.4 Å². The summed E-state index contributed by atoms with van der Waals surface area (Å²) in [5, 5.41) is 20.3. The molecule has 120 valence electrons. The van der Waals surface area contributed by atoms with Crippen molar-refractivity contribution in [2.45, 2.75) is 19.3 Å². The van der Waals surface area contributed by atoms with Crippen LogP contribution in [0.2, 0.25) is 0 Å². The van der Waals surface area contributed by atoms with Crippen LogP contribution < -0.4 is 4.90 Å². The molecule has 0 aliphatic carbocycles. The van der Waals surface area contributed by atoms with Gasteiger partial charge in [-0.25, -0.2) is 4.79 Å². The normalized spacial score (nSPS) is 15.0. The molecule has 1 aliphatic heterocycles. The second-order valence-corrected chi connectivity index (χ2v) is 5.21. The number of ether oxygens (including phenoxy) is 1. The first kappa shape index (κ1) is 16.5. The Morgan fingerprint density at radius 2 is 2.09 bits per heavy atom. The Kier molecular flexibility index (Phi) is 5.31. The number of piperidine rings is 1. The van der Waals surface area contributed by atoms with Crippen LogP contribution in [0.4, 0.5) is 11.4 Å². The van der Waals surface area contributed by atoms with E-state index < -0.39 is 10.9 Å². The third kappa shape index (κ3) is 3.86. The maximum Gasteiger partial charge on any atom is 0.348 e. The van der Waals surface area contributed by atoms with Gasteiger partial charge >= 0.3 is 5.97 Å². The van der Waals surface area contributed by atoms with Crippen molar-refractivity contribution in [3.8, 4) is 6.07 Å². The van der Waals surface area contributed by atoms with Gasteiger partial charge in [-0.15, -0.1) is 0 Å². The minimum absolute atomic E-state index is 0.0252. The molecule has 23 heavy (non-hydrogen) atoms. The monoisotopic (exact) mass is 315 g/mol. The van der Waals surface area contributed by atoms with Crippen molar-refractivity contribution < 1.29 is 14.5 Å². The summed E-state index contributed by atoms with van der Waals surface area (Å²) in [7, 11) is 1.18. The number of carbonyl (C=O) groups is 1. The van der Waals surface area contributed by atoms with Gasteiger partial charge in [0.2, 0.25) is 0 Å². The quantitative estimate of drug-likeness (QED) is 0.278. The fourth-order valence-electron chi connectivity index (χ4n) is 2.59. The molecule has 0 saturated carbocycles. The fraction of sp³-hybridized carbons (Fsp3) is 0.375. The van der Waals surface area contributed by atoms with Crippen molar-refractivity contribution in [1.29, 1.82) is 5.26 Å². The van der Waals surface area contributed by atoms with Crippen LogP contribution in [0.15, 0.2) is 23.8 Å². The zero-order chi connectivity index (χ0) is 16.8. The van der Waals surface area contributed by atoms with E-state index >= 15 is 0 Å². The SMILES string of the molecule is COC(=O)/C(C#N)=C\c1ccc(N2CCCCC2)c([N+](=O)[O-])c1. The van der Waals surface area contributed by atoms with Crippen LogP contribution in [0.25, 0.3) is 6.08 Å². The van der Waals surface area contributed by atoms with Gasteiger partial charge in [-0.1, -0.05) is 6.07 Å². The van der Waals surface area contributed by atoms with E-state index in [1.165, 1.54) is 19.3 Å². The first-order valence-corrected chi connectivity index (χ1v) is 7.30. The number of benzene rings is 1. The lowest BCUT2D eigenvalue weighted by atomic mass is 10.1. The number of hydrogen-bond acceptors (Lipinski definition) is 6. The summed E-state index contributed by atoms with van der Waals surface area (Å²) in [5.41, 5.74) is 0.762. The van der Waals surface area contributed by atoms with Crippen LogP contribution in [-0.2, 0) is 9.53 Å². The molecule has 1 aliphatic rings. The molecule has 0 spiro atoms. The summed E-state index contributed by atoms with van der Waals surface area (Å²) < 4.78 is 4.50. The number of esters is 1. The first-order chi connectivity index (χ1) is 11.1. The van der Waals surface area contributed by atoms with Gasteiger partial charge in [0.05, 0.1) is 12.0 Å². The Hall–Kier alpha value is -2.88. The van der Waals surface area contributed by atoms with E-state index in [1.807, 2.05) is 4.90 Å². The highest BCUT2D eigenvalue weighted by molar-refractivity contribution is 5.98. The van der Waals surface area contributed by atoms with Gasteiger partial charge in [0, 0.05) is 19.2 Å². The maximum atomic E-state index is 11.4. The molecule has 1 aromatic carbocycles. The van der Waals surface area contributed by atoms with E-state index in [1.54, 1.807) is 18.2 Å². The van der Waals surface area contributed by atoms with Crippen LogP contribution in [0.1, 0.15) is 24.8 Å². The highest BCUT2D eigenvalue weighted by atomic mass is 16.6. The first-order valence-electron chi connectivity index (χ1n) is 7.30. The lowest BCUT2D eigenvalue weighted by Gasteiger charge is -2.28. The number of methoxy groups -OCH3 is 1. The van der Waals surface area contributed by atoms with E-state index in [-0.39, 0.29) is 11.3 Å². The Balaban J connectivity index is 2.39. The Morgan fingerprint density at radius 1 is 1.39 bits per heavy atom. The predicted octanol–water partition coefficient (Wildman–Crippen LogP) is 2.67. The van der Waals surface area contributed by atoms with Gasteiger partial charge in [0.15, 0.2) is 0 Å². The molecule has 0 bridgehead atoms. The number of nitro benzene ring substituents is 1. The lowest BCUT2D eigenvalue weighted by molar-refractivity contribution is -0.384. The molecule has 1 aromatic rings. The van der Waals surface area contributed by atoms with Gasteiger partial charge in [-0.2, -0.15) is 5.26 Å². The number of nitro groups is 1. The van der Waals surface area contributed by atoms with E-state index in [0.29, 0.717) is 11.3 Å². The molecule has 0 unspecified atom stereocenters. The fourth-order valence-corrected chi connectivity index (χ4v) is 2.59. The van der Waals surface area contributed by atoms with Gasteiger partial charge in [0.25, 0.3) is 5.69 Å². The summed E-state index contributed by atoms with van der Waals surface area (Å²) in [5.74, 6) is -0.768. The van der Waals surface area contributed by atoms with E-state index in [4.69, 9.17) is 5.26 Å². The molecule has 7 nitrogen and oxygen atoms in total. The van der Waals surface area contributed by atoms with Crippen molar-refractivity contribution in [2.75, 3.05) is 25.1 Å². The van der Waals surface area contributed by atoms with Crippen molar-refractivity contribution in [3.63, 3.8) is 0 Å². The Morgan fingerprint density at radius 3 is 2.65 bits per heavy atom. The van der Waals surface area contributed by atoms with Crippen molar-refractivity contribution in [2.24, 2.45) is 0 Å². The van der Waals surface area contributed by atoms with Gasteiger partial charge in [0.1, 0.15) is 17.3 Å². The molecular formula is C16H17N3O4. The van der Waals surface area contributed by atoms with Crippen molar-refractivity contribution in [3.05, 3.63) is 39.4 Å². The zero-order valence-corrected chi connectivity index (χ0v) is 12.8. The molecule has 0 aromatic heterocycles. The number of carbonyl (C=O) groups excluding carboxylic acids is 1. The predicted molar refractivity (Wildman–Crippen MR) is 84.8 cm³/mol. The number of hydrogen-bond donors (Lipinski definition) is 0. The molecule has 0 N–H and O–H groups in total. The summed E-state index contributed by atoms with van der Waals surface area (Å²) >= 11 is 0. The summed E-state index contributed by atoms with van der Waals surface area (Å²) in [6, 6.07) is 6.45. The molecule has 1 saturated heterocycles. The average molecular weight is 315 g/mol. The van der Waals surface area contributed by atoms with Crippen LogP contribution in [-0.4, -0.2) is 31.1 Å². The average Bonchev–Trinajstić information content (AvgIpc) is 2.59. The molecule has 0 atom stereocenters. The molecule has 0 radical (unpaired) electrons. The molecule has 2 rings (SSSR count). The van der Waals surface area contributed by atoms with Crippen LogP contribution >= 0.6 is 0 Å². The molecule has 0 amide bonds. The second-order valence-electron chi connectivity index (χ2n) is 5.21. The Bertz CT molecular complexity index is 685. The largest absolute Gasteiger partial charge is 0.465 e. The van der Waals surface area contributed by atoms with Gasteiger partial charge < -0.3 is 9.64 Å². The van der Waals surface area contributed by atoms with Crippen LogP contribution in [0.5, 0.6) is 0 Å². The number of rotatable bonds is 4. The summed E-state index contributed by atoms with van der Waals surface area (Å²) in [6.45, 7) is 1.59. The standard InChI is InChI=1S/C16H17N3O4/c1-23-16(20)13(11-17)9-12-5-6-14(15(10-12)19(21)22)18-7-3-2-4-8-18/h5-6,9-10H,2-4,7-8H2,1H3/b13-9-. The smallest absolute Gasteiger partial charge is 0.348 e. The second kappa shape index (κ2) is 7.40. The third-order valence-electron chi connectivity index (χ3n) is 3.73. The number of nitrogens with zero attached hydrogens (tertiary/aromatic N) is 3. The van der Waals surface area contributed by atoms with E-state index in [9.17, 15) is 14.9 Å². The highest BCUT2D eigenvalue weighted by Crippen LogP contribution is 2.31. The number of nitriles is 1. The molecule has 1 heterocycles. The van der Waals surface area contributed by atoms with E-state index in [2.05, 4.69) is 4.74 Å². The lowest BCUT2D eigenvalue weighted by Crippen LogP contribution is -2.29. The summed E-state index contributed by atoms with van der Waals surface area (Å²) in [4.78, 5) is 24.4. The maximum absolute atomic E-state index is 11.4. The van der Waals surface area contributed by atoms with Gasteiger partial charge in [-0.3, -0.25) is 10.1 Å². The summed E-state index contributed by atoms with van der Waals surface area (Å²) in [6.07, 6.45) is 4.45. The zero-order valence-electron chi connectivity index (χ0n) is 12.8. The van der Waals surface area contributed by atoms with Crippen LogP contribution in [0.3, 0.4) is 0 Å². The van der Waals surface area contributed by atoms with Gasteiger partial charge in [-0.05, 0) is 37.0 Å². The van der Waals surface area contributed by atoms with Crippen molar-refractivity contribution in [1.82, 2.24) is 0 Å². The minimum Gasteiger partial charge on any atom is -0.465 e. The molecular weight excluding hydrogens is 298 g/mol. The number of anilines is 1. The van der Waals surface area contributed by atoms with E-state index in [0.717, 1.165) is 32.4 Å².